The molecule has 1 unspecified atom stereocenters. The monoisotopic (exact) mass is 336 g/mol. The second-order valence-corrected chi connectivity index (χ2v) is 7.40. The second kappa shape index (κ2) is 6.99. The van der Waals surface area contributed by atoms with E-state index in [1.165, 1.54) is 6.42 Å². The number of likely N-dealkylation sites (N-methyl/N-ethyl adjacent to an activating group) is 1. The maximum atomic E-state index is 12.6. The summed E-state index contributed by atoms with van der Waals surface area (Å²) in [5.41, 5.74) is 1.76. The number of amides is 1. The smallest absolute Gasteiger partial charge is 0.337 e. The van der Waals surface area contributed by atoms with Crippen LogP contribution in [0.4, 0.5) is 0 Å². The molecule has 2 fully saturated rings. The lowest BCUT2D eigenvalue weighted by Crippen LogP contribution is -2.24. The average molecular weight is 336 g/mol. The van der Waals surface area contributed by atoms with E-state index in [-0.39, 0.29) is 23.9 Å². The minimum atomic E-state index is -0.157. The topological polar surface area (TPSA) is 58.6 Å². The third-order valence-electron chi connectivity index (χ3n) is 4.72. The van der Waals surface area contributed by atoms with Gasteiger partial charge in [0.2, 0.25) is 5.91 Å². The molecule has 6 heteroatoms. The highest BCUT2D eigenvalue weighted by Gasteiger charge is 2.40. The lowest BCUT2D eigenvalue weighted by Gasteiger charge is -2.22. The molecule has 0 aromatic heterocycles. The van der Waals surface area contributed by atoms with E-state index in [2.05, 4.69) is 17.1 Å². The standard InChI is InChI=1S/C17H24N2O3S/c1-11-9-19-12(8-14(20)18-2)10-23-16(19)15(11)17(21)22-13-6-4-3-5-7-13/h8,11,13H,3-7,9-10H2,1-2H3,(H,18,20). The van der Waals surface area contributed by atoms with Crippen LogP contribution >= 0.6 is 11.8 Å². The Morgan fingerprint density at radius 2 is 2.04 bits per heavy atom. The summed E-state index contributed by atoms with van der Waals surface area (Å²) >= 11 is 1.63. The number of rotatable bonds is 3. The van der Waals surface area contributed by atoms with E-state index in [1.807, 2.05) is 0 Å². The van der Waals surface area contributed by atoms with Gasteiger partial charge in [-0.3, -0.25) is 4.79 Å². The van der Waals surface area contributed by atoms with Crippen LogP contribution in [0.5, 0.6) is 0 Å². The lowest BCUT2D eigenvalue weighted by atomic mass is 9.97. The van der Waals surface area contributed by atoms with Gasteiger partial charge >= 0.3 is 5.97 Å². The molecule has 3 aliphatic rings. The summed E-state index contributed by atoms with van der Waals surface area (Å²) in [6.45, 7) is 2.81. The molecule has 0 spiro atoms. The van der Waals surface area contributed by atoms with Gasteiger partial charge < -0.3 is 15.0 Å². The Morgan fingerprint density at radius 3 is 2.74 bits per heavy atom. The molecule has 0 aromatic carbocycles. The fraction of sp³-hybridized carbons (Fsp3) is 0.647. The van der Waals surface area contributed by atoms with Crippen molar-refractivity contribution in [2.45, 2.75) is 45.1 Å². The zero-order chi connectivity index (χ0) is 16.4. The molecule has 1 saturated carbocycles. The maximum absolute atomic E-state index is 12.6. The van der Waals surface area contributed by atoms with Crippen LogP contribution in [0.15, 0.2) is 22.4 Å². The molecule has 1 saturated heterocycles. The summed E-state index contributed by atoms with van der Waals surface area (Å²) in [4.78, 5) is 26.3. The van der Waals surface area contributed by atoms with Crippen LogP contribution in [0.2, 0.25) is 0 Å². The molecule has 2 aliphatic heterocycles. The molecule has 1 amide bonds. The van der Waals surface area contributed by atoms with E-state index in [1.54, 1.807) is 24.9 Å². The van der Waals surface area contributed by atoms with Crippen molar-refractivity contribution in [3.05, 3.63) is 22.4 Å². The highest BCUT2D eigenvalue weighted by Crippen LogP contribution is 2.45. The maximum Gasteiger partial charge on any atom is 0.337 e. The third-order valence-corrected chi connectivity index (χ3v) is 5.87. The quantitative estimate of drug-likeness (QED) is 0.633. The number of fused-ring (bicyclic) bond motifs is 1. The van der Waals surface area contributed by atoms with Gasteiger partial charge in [-0.05, 0) is 25.7 Å². The van der Waals surface area contributed by atoms with Crippen molar-refractivity contribution in [2.24, 2.45) is 5.92 Å². The number of hydrogen-bond donors (Lipinski definition) is 1. The number of carbonyl (C=O) groups is 2. The summed E-state index contributed by atoms with van der Waals surface area (Å²) in [6, 6.07) is 0. The molecule has 3 rings (SSSR count). The van der Waals surface area contributed by atoms with E-state index in [4.69, 9.17) is 4.74 Å². The zero-order valence-electron chi connectivity index (χ0n) is 13.8. The highest BCUT2D eigenvalue weighted by molar-refractivity contribution is 8.03. The van der Waals surface area contributed by atoms with Gasteiger partial charge in [0.1, 0.15) is 6.10 Å². The Morgan fingerprint density at radius 1 is 1.30 bits per heavy atom. The van der Waals surface area contributed by atoms with Crippen LogP contribution in [0.3, 0.4) is 0 Å². The molecule has 0 aromatic rings. The van der Waals surface area contributed by atoms with Gasteiger partial charge in [0, 0.05) is 37.0 Å². The van der Waals surface area contributed by atoms with Gasteiger partial charge in [-0.1, -0.05) is 13.3 Å². The number of carbonyl (C=O) groups excluding carboxylic acids is 2. The highest BCUT2D eigenvalue weighted by atomic mass is 32.2. The molecule has 5 nitrogen and oxygen atoms in total. The van der Waals surface area contributed by atoms with Gasteiger partial charge in [-0.2, -0.15) is 0 Å². The Bertz CT molecular complexity index is 564. The fourth-order valence-corrected chi connectivity index (χ4v) is 4.77. The van der Waals surface area contributed by atoms with Crippen LogP contribution in [0.1, 0.15) is 39.0 Å². The van der Waals surface area contributed by atoms with Gasteiger partial charge in [-0.15, -0.1) is 11.8 Å². The first kappa shape index (κ1) is 16.4. The Balaban J connectivity index is 1.75. The molecule has 126 valence electrons. The average Bonchev–Trinajstić information content (AvgIpc) is 3.06. The van der Waals surface area contributed by atoms with Crippen molar-refractivity contribution in [3.8, 4) is 0 Å². The van der Waals surface area contributed by atoms with E-state index >= 15 is 0 Å². The summed E-state index contributed by atoms with van der Waals surface area (Å²) in [6.07, 6.45) is 7.23. The van der Waals surface area contributed by atoms with Crippen molar-refractivity contribution in [1.29, 1.82) is 0 Å². The summed E-state index contributed by atoms with van der Waals surface area (Å²) in [5, 5.41) is 3.59. The van der Waals surface area contributed by atoms with E-state index in [0.717, 1.165) is 54.3 Å². The molecule has 0 bridgehead atoms. The normalized spacial score (nSPS) is 26.6. The Kier molecular flexibility index (Phi) is 4.99. The number of ether oxygens (including phenoxy) is 1. The first-order chi connectivity index (χ1) is 11.1. The molecule has 1 aliphatic carbocycles. The Labute approximate surface area is 141 Å². The molecule has 23 heavy (non-hydrogen) atoms. The number of thioether (sulfide) groups is 1. The summed E-state index contributed by atoms with van der Waals surface area (Å²) in [7, 11) is 1.62. The van der Waals surface area contributed by atoms with Crippen molar-refractivity contribution < 1.29 is 14.3 Å². The van der Waals surface area contributed by atoms with E-state index in [0.29, 0.717) is 0 Å². The predicted molar refractivity (Wildman–Crippen MR) is 90.5 cm³/mol. The fourth-order valence-electron chi connectivity index (χ4n) is 3.46. The predicted octanol–water partition coefficient (Wildman–Crippen LogP) is 2.40. The van der Waals surface area contributed by atoms with Crippen LogP contribution < -0.4 is 5.32 Å². The molecular weight excluding hydrogens is 312 g/mol. The van der Waals surface area contributed by atoms with E-state index in [9.17, 15) is 9.59 Å². The largest absolute Gasteiger partial charge is 0.459 e. The zero-order valence-corrected chi connectivity index (χ0v) is 14.6. The van der Waals surface area contributed by atoms with Crippen LogP contribution in [-0.4, -0.2) is 42.2 Å². The minimum Gasteiger partial charge on any atom is -0.459 e. The van der Waals surface area contributed by atoms with Crippen LogP contribution in [0, 0.1) is 5.92 Å². The van der Waals surface area contributed by atoms with Gasteiger partial charge in [0.25, 0.3) is 0 Å². The Hall–Kier alpha value is -1.43. The minimum absolute atomic E-state index is 0.0814. The number of nitrogens with one attached hydrogen (secondary N) is 1. The lowest BCUT2D eigenvalue weighted by molar-refractivity contribution is -0.146. The SMILES string of the molecule is CNC(=O)C=C1CSC2=C(C(=O)OC3CCCCC3)C(C)CN12. The van der Waals surface area contributed by atoms with Gasteiger partial charge in [0.05, 0.1) is 10.6 Å². The first-order valence-corrected chi connectivity index (χ1v) is 9.36. The van der Waals surface area contributed by atoms with Crippen LogP contribution in [-0.2, 0) is 14.3 Å². The molecular formula is C17H24N2O3S. The molecule has 1 atom stereocenters. The molecule has 1 N–H and O–H groups in total. The summed E-state index contributed by atoms with van der Waals surface area (Å²) in [5.74, 6) is 0.612. The van der Waals surface area contributed by atoms with Gasteiger partial charge in [0.15, 0.2) is 0 Å². The van der Waals surface area contributed by atoms with Crippen molar-refractivity contribution in [3.63, 3.8) is 0 Å². The van der Waals surface area contributed by atoms with Gasteiger partial charge in [-0.25, -0.2) is 4.79 Å². The molecule has 2 heterocycles. The number of nitrogens with zero attached hydrogens (tertiary/aromatic N) is 1. The van der Waals surface area contributed by atoms with Crippen molar-refractivity contribution in [2.75, 3.05) is 19.3 Å². The van der Waals surface area contributed by atoms with Crippen LogP contribution in [0.25, 0.3) is 0 Å². The first-order valence-electron chi connectivity index (χ1n) is 8.38. The number of esters is 1. The number of hydrogen-bond acceptors (Lipinski definition) is 5. The third kappa shape index (κ3) is 3.42. The van der Waals surface area contributed by atoms with Crippen molar-refractivity contribution >= 4 is 23.6 Å². The second-order valence-electron chi connectivity index (χ2n) is 6.43. The molecule has 0 radical (unpaired) electrons. The summed E-state index contributed by atoms with van der Waals surface area (Å²) < 4.78 is 5.76. The van der Waals surface area contributed by atoms with Crippen molar-refractivity contribution in [1.82, 2.24) is 10.2 Å². The van der Waals surface area contributed by atoms with E-state index < -0.39 is 0 Å².